The number of hydrogen-bond donors (Lipinski definition) is 0. The summed E-state index contributed by atoms with van der Waals surface area (Å²) >= 11 is 0. The normalized spacial score (nSPS) is 12.2. The highest BCUT2D eigenvalue weighted by Crippen LogP contribution is 2.17. The fraction of sp³-hybridized carbons (Fsp3) is 0.300. The van der Waals surface area contributed by atoms with Crippen molar-refractivity contribution in [2.24, 2.45) is 0 Å². The van der Waals surface area contributed by atoms with Gasteiger partial charge in [-0.1, -0.05) is 18.2 Å². The molecule has 1 aromatic heterocycles. The Balaban J connectivity index is 2.05. The van der Waals surface area contributed by atoms with Crippen molar-refractivity contribution >= 4 is 10.9 Å². The van der Waals surface area contributed by atoms with Crippen molar-refractivity contribution in [3.8, 4) is 0 Å². The summed E-state index contributed by atoms with van der Waals surface area (Å²) in [5, 5.41) is 4.88. The van der Waals surface area contributed by atoms with Crippen molar-refractivity contribution < 1.29 is 17.9 Å². The molecule has 86 valence electrons. The summed E-state index contributed by atoms with van der Waals surface area (Å²) in [5.74, 6) is 0. The lowest BCUT2D eigenvalue weighted by atomic mass is 10.3. The molecule has 0 aliphatic carbocycles. The second-order valence-electron chi connectivity index (χ2n) is 3.22. The number of ether oxygens (including phenoxy) is 1. The first-order valence-electron chi connectivity index (χ1n) is 4.67. The highest BCUT2D eigenvalue weighted by molar-refractivity contribution is 5.78. The molecule has 0 amide bonds. The molecule has 0 aliphatic heterocycles. The van der Waals surface area contributed by atoms with Crippen molar-refractivity contribution in [3.63, 3.8) is 0 Å². The number of rotatable bonds is 3. The van der Waals surface area contributed by atoms with Gasteiger partial charge >= 0.3 is 6.36 Å². The minimum atomic E-state index is -4.58. The molecule has 2 aromatic rings. The van der Waals surface area contributed by atoms with E-state index >= 15 is 0 Å². The van der Waals surface area contributed by atoms with E-state index in [2.05, 4.69) is 9.84 Å². The van der Waals surface area contributed by atoms with Gasteiger partial charge < -0.3 is 0 Å². The fourth-order valence-corrected chi connectivity index (χ4v) is 1.45. The maximum absolute atomic E-state index is 11.7. The van der Waals surface area contributed by atoms with E-state index in [0.717, 1.165) is 10.9 Å². The molecule has 0 radical (unpaired) electrons. The summed E-state index contributed by atoms with van der Waals surface area (Å²) in [4.78, 5) is 0. The third-order valence-corrected chi connectivity index (χ3v) is 2.12. The molecule has 6 heteroatoms. The second-order valence-corrected chi connectivity index (χ2v) is 3.22. The zero-order chi connectivity index (χ0) is 11.6. The van der Waals surface area contributed by atoms with Crippen LogP contribution in [0, 0.1) is 0 Å². The van der Waals surface area contributed by atoms with E-state index < -0.39 is 13.0 Å². The van der Waals surface area contributed by atoms with E-state index in [4.69, 9.17) is 0 Å². The molecule has 0 N–H and O–H groups in total. The highest BCUT2D eigenvalue weighted by atomic mass is 19.4. The zero-order valence-electron chi connectivity index (χ0n) is 8.24. The SMILES string of the molecule is FC(F)(F)OCCn1ncc2ccccc21. The van der Waals surface area contributed by atoms with Gasteiger partial charge in [-0.3, -0.25) is 9.42 Å². The average molecular weight is 230 g/mol. The average Bonchev–Trinajstić information content (AvgIpc) is 2.60. The quantitative estimate of drug-likeness (QED) is 0.810. The summed E-state index contributed by atoms with van der Waals surface area (Å²) in [6.07, 6.45) is -2.97. The van der Waals surface area contributed by atoms with Gasteiger partial charge in [0.25, 0.3) is 0 Å². The molecule has 16 heavy (non-hydrogen) atoms. The number of nitrogens with zero attached hydrogens (tertiary/aromatic N) is 2. The number of para-hydroxylation sites is 1. The number of alkyl halides is 3. The molecule has 0 spiro atoms. The van der Waals surface area contributed by atoms with Crippen LogP contribution >= 0.6 is 0 Å². The van der Waals surface area contributed by atoms with Gasteiger partial charge in [-0.15, -0.1) is 13.2 Å². The third-order valence-electron chi connectivity index (χ3n) is 2.12. The first kappa shape index (κ1) is 10.9. The second kappa shape index (κ2) is 4.13. The monoisotopic (exact) mass is 230 g/mol. The lowest BCUT2D eigenvalue weighted by Gasteiger charge is -2.07. The van der Waals surface area contributed by atoms with E-state index in [-0.39, 0.29) is 6.54 Å². The number of benzene rings is 1. The van der Waals surface area contributed by atoms with Gasteiger partial charge in [0.1, 0.15) is 0 Å². The maximum Gasteiger partial charge on any atom is 0.522 e. The summed E-state index contributed by atoms with van der Waals surface area (Å²) < 4.78 is 40.4. The Bertz CT molecular complexity index is 478. The fourth-order valence-electron chi connectivity index (χ4n) is 1.45. The molecule has 0 bridgehead atoms. The Morgan fingerprint density at radius 3 is 2.75 bits per heavy atom. The standard InChI is InChI=1S/C10H9F3N2O/c11-10(12,13)16-6-5-15-9-4-2-1-3-8(9)7-14-15/h1-4,7H,5-6H2. The van der Waals surface area contributed by atoms with Crippen LogP contribution < -0.4 is 0 Å². The molecule has 0 fully saturated rings. The maximum atomic E-state index is 11.7. The minimum absolute atomic E-state index is 0.0764. The largest absolute Gasteiger partial charge is 0.522 e. The van der Waals surface area contributed by atoms with Crippen molar-refractivity contribution in [2.75, 3.05) is 6.61 Å². The van der Waals surface area contributed by atoms with Crippen LogP contribution in [0.15, 0.2) is 30.5 Å². The molecular weight excluding hydrogens is 221 g/mol. The molecule has 1 heterocycles. The van der Waals surface area contributed by atoms with Crippen LogP contribution in [0.3, 0.4) is 0 Å². The third kappa shape index (κ3) is 2.52. The predicted molar refractivity (Wildman–Crippen MR) is 51.7 cm³/mol. The summed E-state index contributed by atoms with van der Waals surface area (Å²) in [6.45, 7) is -0.359. The number of hydrogen-bond acceptors (Lipinski definition) is 2. The van der Waals surface area contributed by atoms with Crippen LogP contribution in [0.2, 0.25) is 0 Å². The summed E-state index contributed by atoms with van der Waals surface area (Å²) in [7, 11) is 0. The number of aromatic nitrogens is 2. The predicted octanol–water partition coefficient (Wildman–Crippen LogP) is 2.57. The highest BCUT2D eigenvalue weighted by Gasteiger charge is 2.28. The Morgan fingerprint density at radius 1 is 1.25 bits per heavy atom. The molecule has 0 unspecified atom stereocenters. The van der Waals surface area contributed by atoms with Gasteiger partial charge in [-0.05, 0) is 6.07 Å². The van der Waals surface area contributed by atoms with Crippen LogP contribution in [0.4, 0.5) is 13.2 Å². The molecule has 0 saturated heterocycles. The van der Waals surface area contributed by atoms with Crippen LogP contribution in [-0.2, 0) is 11.3 Å². The summed E-state index contributed by atoms with van der Waals surface area (Å²) in [6, 6.07) is 7.31. The van der Waals surface area contributed by atoms with Crippen LogP contribution in [0.1, 0.15) is 0 Å². The van der Waals surface area contributed by atoms with E-state index in [1.165, 1.54) is 4.68 Å². The molecule has 2 rings (SSSR count). The van der Waals surface area contributed by atoms with Crippen LogP contribution in [-0.4, -0.2) is 22.7 Å². The zero-order valence-corrected chi connectivity index (χ0v) is 8.24. The first-order chi connectivity index (χ1) is 7.56. The number of halogens is 3. The van der Waals surface area contributed by atoms with Crippen LogP contribution in [0.25, 0.3) is 10.9 Å². The van der Waals surface area contributed by atoms with Crippen molar-refractivity contribution in [1.82, 2.24) is 9.78 Å². The Kier molecular flexibility index (Phi) is 2.82. The first-order valence-corrected chi connectivity index (χ1v) is 4.67. The molecule has 3 nitrogen and oxygen atoms in total. The van der Waals surface area contributed by atoms with Crippen molar-refractivity contribution in [3.05, 3.63) is 30.5 Å². The van der Waals surface area contributed by atoms with E-state index in [1.807, 2.05) is 18.2 Å². The lowest BCUT2D eigenvalue weighted by Crippen LogP contribution is -2.17. The number of fused-ring (bicyclic) bond motifs is 1. The van der Waals surface area contributed by atoms with Gasteiger partial charge in [0.15, 0.2) is 0 Å². The molecule has 0 saturated carbocycles. The van der Waals surface area contributed by atoms with E-state index in [9.17, 15) is 13.2 Å². The lowest BCUT2D eigenvalue weighted by molar-refractivity contribution is -0.325. The van der Waals surface area contributed by atoms with Gasteiger partial charge in [-0.2, -0.15) is 5.10 Å². The van der Waals surface area contributed by atoms with Gasteiger partial charge in [0, 0.05) is 5.39 Å². The Morgan fingerprint density at radius 2 is 2.00 bits per heavy atom. The smallest absolute Gasteiger partial charge is 0.290 e. The van der Waals surface area contributed by atoms with Crippen molar-refractivity contribution in [1.29, 1.82) is 0 Å². The molecule has 1 aromatic carbocycles. The topological polar surface area (TPSA) is 27.1 Å². The molecule has 0 atom stereocenters. The van der Waals surface area contributed by atoms with Crippen LogP contribution in [0.5, 0.6) is 0 Å². The van der Waals surface area contributed by atoms with Gasteiger partial charge in [0.2, 0.25) is 0 Å². The Labute approximate surface area is 89.4 Å². The molecule has 0 aliphatic rings. The van der Waals surface area contributed by atoms with E-state index in [0.29, 0.717) is 0 Å². The minimum Gasteiger partial charge on any atom is -0.290 e. The van der Waals surface area contributed by atoms with Gasteiger partial charge in [-0.25, -0.2) is 0 Å². The summed E-state index contributed by atoms with van der Waals surface area (Å²) in [5.41, 5.74) is 0.799. The van der Waals surface area contributed by atoms with Gasteiger partial charge in [0.05, 0.1) is 24.9 Å². The van der Waals surface area contributed by atoms with E-state index in [1.54, 1.807) is 12.3 Å². The van der Waals surface area contributed by atoms with Crippen molar-refractivity contribution in [2.45, 2.75) is 12.9 Å². The Hall–Kier alpha value is -1.56. The molecular formula is C10H9F3N2O.